The number of carbonyl (C=O) groups is 1. The van der Waals surface area contributed by atoms with Crippen LogP contribution in [0.3, 0.4) is 0 Å². The van der Waals surface area contributed by atoms with Gasteiger partial charge in [0.25, 0.3) is 0 Å². The van der Waals surface area contributed by atoms with Crippen molar-refractivity contribution >= 4 is 53.1 Å². The number of nitrogens with one attached hydrogen (secondary N) is 3. The predicted octanol–water partition coefficient (Wildman–Crippen LogP) is 4.62. The highest BCUT2D eigenvalue weighted by molar-refractivity contribution is 14.0. The quantitative estimate of drug-likeness (QED) is 0.250. The third-order valence-electron chi connectivity index (χ3n) is 4.10. The fourth-order valence-electron chi connectivity index (χ4n) is 2.66. The van der Waals surface area contributed by atoms with Gasteiger partial charge in [-0.25, -0.2) is 9.78 Å². The summed E-state index contributed by atoms with van der Waals surface area (Å²) in [4.78, 5) is 20.7. The molecule has 0 aliphatic carbocycles. The summed E-state index contributed by atoms with van der Waals surface area (Å²) in [7, 11) is 1.77. The van der Waals surface area contributed by atoms with Crippen LogP contribution in [0.4, 0.5) is 10.5 Å². The Kier molecular flexibility index (Phi) is 11.8. The molecule has 1 heterocycles. The zero-order chi connectivity index (χ0) is 22.0. The average Bonchev–Trinajstić information content (AvgIpc) is 3.14. The van der Waals surface area contributed by atoms with Gasteiger partial charge in [0.15, 0.2) is 5.96 Å². The SMILES string of the molecule is CCc1nc(CCNC(=NC)NCCc2ccc(NC(=O)OC(C)(C)C)cc2)cs1.I. The van der Waals surface area contributed by atoms with Crippen LogP contribution in [0.15, 0.2) is 34.6 Å². The summed E-state index contributed by atoms with van der Waals surface area (Å²) in [5.41, 5.74) is 2.50. The molecule has 0 aliphatic heterocycles. The molecule has 0 radical (unpaired) electrons. The van der Waals surface area contributed by atoms with E-state index in [0.29, 0.717) is 5.69 Å². The van der Waals surface area contributed by atoms with Gasteiger partial charge in [-0.15, -0.1) is 35.3 Å². The zero-order valence-electron chi connectivity index (χ0n) is 18.9. The Balaban J connectivity index is 0.00000480. The highest BCUT2D eigenvalue weighted by Crippen LogP contribution is 2.13. The number of benzene rings is 1. The van der Waals surface area contributed by atoms with Crippen molar-refractivity contribution in [2.75, 3.05) is 25.5 Å². The number of aryl methyl sites for hydroxylation is 1. The van der Waals surface area contributed by atoms with E-state index in [-0.39, 0.29) is 24.0 Å². The molecule has 3 N–H and O–H groups in total. The Morgan fingerprint density at radius 1 is 1.13 bits per heavy atom. The largest absolute Gasteiger partial charge is 0.444 e. The Hall–Kier alpha value is -1.88. The number of carbonyl (C=O) groups excluding carboxylic acids is 1. The summed E-state index contributed by atoms with van der Waals surface area (Å²) in [5.74, 6) is 0.782. The summed E-state index contributed by atoms with van der Waals surface area (Å²) in [6, 6.07) is 7.76. The lowest BCUT2D eigenvalue weighted by molar-refractivity contribution is 0.0636. The Labute approximate surface area is 206 Å². The van der Waals surface area contributed by atoms with Gasteiger partial charge in [0.2, 0.25) is 0 Å². The molecule has 0 bridgehead atoms. The van der Waals surface area contributed by atoms with E-state index in [1.54, 1.807) is 18.4 Å². The molecule has 0 spiro atoms. The van der Waals surface area contributed by atoms with Crippen molar-refractivity contribution in [1.29, 1.82) is 0 Å². The van der Waals surface area contributed by atoms with E-state index >= 15 is 0 Å². The molecule has 0 saturated carbocycles. The van der Waals surface area contributed by atoms with E-state index in [0.717, 1.165) is 44.0 Å². The number of hydrogen-bond donors (Lipinski definition) is 3. The number of guanidine groups is 1. The van der Waals surface area contributed by atoms with Crippen molar-refractivity contribution in [2.45, 2.75) is 52.6 Å². The molecule has 31 heavy (non-hydrogen) atoms. The number of ether oxygens (including phenoxy) is 1. The Morgan fingerprint density at radius 2 is 1.77 bits per heavy atom. The molecule has 0 atom stereocenters. The lowest BCUT2D eigenvalue weighted by Crippen LogP contribution is -2.39. The molecule has 0 fully saturated rings. The fourth-order valence-corrected chi connectivity index (χ4v) is 3.44. The maximum atomic E-state index is 11.8. The van der Waals surface area contributed by atoms with E-state index in [2.05, 4.69) is 38.2 Å². The van der Waals surface area contributed by atoms with Gasteiger partial charge in [0.05, 0.1) is 10.7 Å². The van der Waals surface area contributed by atoms with Crippen LogP contribution in [0.2, 0.25) is 0 Å². The molecule has 0 saturated heterocycles. The first-order valence-corrected chi connectivity index (χ1v) is 11.1. The second-order valence-electron chi connectivity index (χ2n) is 7.84. The van der Waals surface area contributed by atoms with Gasteiger partial charge in [-0.1, -0.05) is 19.1 Å². The minimum atomic E-state index is -0.513. The van der Waals surface area contributed by atoms with Crippen LogP contribution in [-0.4, -0.2) is 42.8 Å². The third kappa shape index (κ3) is 10.8. The predicted molar refractivity (Wildman–Crippen MR) is 140 cm³/mol. The van der Waals surface area contributed by atoms with Gasteiger partial charge in [-0.05, 0) is 51.3 Å². The molecule has 1 aromatic heterocycles. The van der Waals surface area contributed by atoms with Gasteiger partial charge in [0.1, 0.15) is 5.60 Å². The van der Waals surface area contributed by atoms with Gasteiger partial charge in [0, 0.05) is 37.6 Å². The van der Waals surface area contributed by atoms with Crippen LogP contribution in [0, 0.1) is 0 Å². The lowest BCUT2D eigenvalue weighted by atomic mass is 10.1. The molecule has 0 aliphatic rings. The number of aromatic nitrogens is 1. The molecule has 1 amide bonds. The minimum absolute atomic E-state index is 0. The molecule has 0 unspecified atom stereocenters. The number of thiazole rings is 1. The highest BCUT2D eigenvalue weighted by Gasteiger charge is 2.16. The van der Waals surface area contributed by atoms with Crippen LogP contribution in [-0.2, 0) is 24.0 Å². The molecule has 2 rings (SSSR count). The molecular weight excluding hydrogens is 525 g/mol. The summed E-state index contributed by atoms with van der Waals surface area (Å²) >= 11 is 1.72. The van der Waals surface area contributed by atoms with Gasteiger partial charge in [-0.2, -0.15) is 0 Å². The molecule has 172 valence electrons. The van der Waals surface area contributed by atoms with Crippen molar-refractivity contribution in [1.82, 2.24) is 15.6 Å². The topological polar surface area (TPSA) is 87.6 Å². The monoisotopic (exact) mass is 559 g/mol. The van der Waals surface area contributed by atoms with Crippen molar-refractivity contribution < 1.29 is 9.53 Å². The van der Waals surface area contributed by atoms with Crippen LogP contribution in [0.25, 0.3) is 0 Å². The Morgan fingerprint density at radius 3 is 2.32 bits per heavy atom. The first-order valence-electron chi connectivity index (χ1n) is 10.3. The second-order valence-corrected chi connectivity index (χ2v) is 8.78. The number of anilines is 1. The summed E-state index contributed by atoms with van der Waals surface area (Å²) in [6.07, 6.45) is 2.26. The van der Waals surface area contributed by atoms with Crippen molar-refractivity contribution in [2.24, 2.45) is 4.99 Å². The van der Waals surface area contributed by atoms with Gasteiger partial charge >= 0.3 is 6.09 Å². The molecule has 1 aromatic carbocycles. The first kappa shape index (κ1) is 27.2. The maximum absolute atomic E-state index is 11.8. The van der Waals surface area contributed by atoms with Gasteiger partial charge in [-0.3, -0.25) is 10.3 Å². The number of aliphatic imine (C=N–C) groups is 1. The van der Waals surface area contributed by atoms with E-state index in [4.69, 9.17) is 4.74 Å². The third-order valence-corrected chi connectivity index (χ3v) is 5.15. The number of amides is 1. The molecule has 9 heteroatoms. The van der Waals surface area contributed by atoms with E-state index in [1.165, 1.54) is 10.6 Å². The molecule has 2 aromatic rings. The average molecular weight is 560 g/mol. The van der Waals surface area contributed by atoms with Gasteiger partial charge < -0.3 is 15.4 Å². The molecule has 7 nitrogen and oxygen atoms in total. The first-order chi connectivity index (χ1) is 14.3. The number of nitrogens with zero attached hydrogens (tertiary/aromatic N) is 2. The second kappa shape index (κ2) is 13.5. The minimum Gasteiger partial charge on any atom is -0.444 e. The van der Waals surface area contributed by atoms with Crippen molar-refractivity contribution in [3.63, 3.8) is 0 Å². The summed E-state index contributed by atoms with van der Waals surface area (Å²) in [6.45, 7) is 9.19. The maximum Gasteiger partial charge on any atom is 0.412 e. The Bertz CT molecular complexity index is 831. The normalized spacial score (nSPS) is 11.5. The summed E-state index contributed by atoms with van der Waals surface area (Å²) < 4.78 is 5.26. The van der Waals surface area contributed by atoms with Crippen LogP contribution in [0.5, 0.6) is 0 Å². The standard InChI is InChI=1S/C22H33N5O2S.HI/c1-6-19-26-18(15-30-19)12-14-25-20(23-5)24-13-11-16-7-9-17(10-8-16)27-21(28)29-22(2,3)4;/h7-10,15H,6,11-14H2,1-5H3,(H,27,28)(H2,23,24,25);1H. The number of rotatable bonds is 8. The van der Waals surface area contributed by atoms with E-state index in [1.807, 2.05) is 45.0 Å². The smallest absolute Gasteiger partial charge is 0.412 e. The summed E-state index contributed by atoms with van der Waals surface area (Å²) in [5, 5.41) is 12.7. The van der Waals surface area contributed by atoms with Crippen LogP contribution < -0.4 is 16.0 Å². The number of hydrogen-bond acceptors (Lipinski definition) is 5. The molecular formula is C22H34IN5O2S. The zero-order valence-corrected chi connectivity index (χ0v) is 22.1. The van der Waals surface area contributed by atoms with E-state index < -0.39 is 11.7 Å². The van der Waals surface area contributed by atoms with Crippen LogP contribution >= 0.6 is 35.3 Å². The van der Waals surface area contributed by atoms with Crippen molar-refractivity contribution in [3.8, 4) is 0 Å². The lowest BCUT2D eigenvalue weighted by Gasteiger charge is -2.19. The fraction of sp³-hybridized carbons (Fsp3) is 0.500. The van der Waals surface area contributed by atoms with Crippen molar-refractivity contribution in [3.05, 3.63) is 45.9 Å². The van der Waals surface area contributed by atoms with E-state index in [9.17, 15) is 4.79 Å². The number of halogens is 1. The van der Waals surface area contributed by atoms with Crippen LogP contribution in [0.1, 0.15) is 44.0 Å². The highest BCUT2D eigenvalue weighted by atomic mass is 127.